The number of benzene rings is 1. The highest BCUT2D eigenvalue weighted by Crippen LogP contribution is 2.40. The molecule has 9 heteroatoms. The second-order valence-electron chi connectivity index (χ2n) is 12.3. The zero-order valence-electron chi connectivity index (χ0n) is 24.2. The van der Waals surface area contributed by atoms with Crippen molar-refractivity contribution in [1.29, 1.82) is 0 Å². The van der Waals surface area contributed by atoms with E-state index in [4.69, 9.17) is 19.0 Å². The van der Waals surface area contributed by atoms with Crippen molar-refractivity contribution < 1.29 is 19.0 Å². The third-order valence-electron chi connectivity index (χ3n) is 7.97. The molecule has 3 atom stereocenters. The van der Waals surface area contributed by atoms with Crippen molar-refractivity contribution in [3.63, 3.8) is 0 Å². The van der Waals surface area contributed by atoms with Crippen LogP contribution in [0.3, 0.4) is 0 Å². The summed E-state index contributed by atoms with van der Waals surface area (Å²) in [5.41, 5.74) is 2.94. The van der Waals surface area contributed by atoms with E-state index in [-0.39, 0.29) is 23.4 Å². The van der Waals surface area contributed by atoms with Crippen LogP contribution >= 0.6 is 0 Å². The Kier molecular flexibility index (Phi) is 9.02. The third kappa shape index (κ3) is 6.68. The summed E-state index contributed by atoms with van der Waals surface area (Å²) in [7, 11) is -1.99. The molecule has 210 valence electrons. The molecule has 1 unspecified atom stereocenters. The number of aliphatic hydroxyl groups is 1. The number of aliphatic hydroxyl groups excluding tert-OH is 1. The van der Waals surface area contributed by atoms with Crippen LogP contribution in [0.4, 0.5) is 0 Å². The molecule has 3 heterocycles. The molecule has 3 aromatic rings. The topological polar surface area (TPSA) is 83.6 Å². The maximum atomic E-state index is 9.40. The Morgan fingerprint density at radius 1 is 1.16 bits per heavy atom. The van der Waals surface area contributed by atoms with Crippen LogP contribution in [0.2, 0.25) is 18.1 Å². The first-order valence-corrected chi connectivity index (χ1v) is 17.0. The molecule has 1 aromatic carbocycles. The molecular formula is C29H46N4O4Si. The van der Waals surface area contributed by atoms with Gasteiger partial charge in [0, 0.05) is 37.0 Å². The molecule has 0 saturated carbocycles. The zero-order valence-corrected chi connectivity index (χ0v) is 25.2. The van der Waals surface area contributed by atoms with Gasteiger partial charge in [0.05, 0.1) is 23.9 Å². The van der Waals surface area contributed by atoms with Gasteiger partial charge in [0.25, 0.3) is 0 Å². The summed E-state index contributed by atoms with van der Waals surface area (Å²) in [5, 5.41) is 20.3. The maximum Gasteiger partial charge on any atom is 0.250 e. The normalized spacial score (nSPS) is 18.6. The number of hydrogen-bond donors (Lipinski definition) is 1. The average Bonchev–Trinajstić information content (AvgIpc) is 3.48. The first-order valence-electron chi connectivity index (χ1n) is 14.1. The van der Waals surface area contributed by atoms with Crippen molar-refractivity contribution in [1.82, 2.24) is 19.6 Å². The van der Waals surface area contributed by atoms with Crippen LogP contribution < -0.4 is 4.43 Å². The number of nitrogens with zero attached hydrogens (tertiary/aromatic N) is 4. The van der Waals surface area contributed by atoms with E-state index in [0.29, 0.717) is 19.6 Å². The summed E-state index contributed by atoms with van der Waals surface area (Å²) >= 11 is 0. The van der Waals surface area contributed by atoms with E-state index in [0.717, 1.165) is 60.2 Å². The minimum absolute atomic E-state index is 0.0556. The van der Waals surface area contributed by atoms with Crippen molar-refractivity contribution in [3.05, 3.63) is 30.6 Å². The van der Waals surface area contributed by atoms with Crippen LogP contribution in [0.5, 0.6) is 5.75 Å². The van der Waals surface area contributed by atoms with Crippen LogP contribution in [-0.2, 0) is 9.47 Å². The van der Waals surface area contributed by atoms with Crippen LogP contribution in [0, 0.1) is 0 Å². The molecule has 0 aliphatic carbocycles. The Bertz CT molecular complexity index is 1190. The first-order chi connectivity index (χ1) is 18.0. The van der Waals surface area contributed by atoms with Gasteiger partial charge in [-0.05, 0) is 82.3 Å². The highest BCUT2D eigenvalue weighted by Gasteiger charge is 2.39. The lowest BCUT2D eigenvalue weighted by Crippen LogP contribution is -2.43. The van der Waals surface area contributed by atoms with Gasteiger partial charge in [-0.15, -0.1) is 0 Å². The molecule has 1 aliphatic rings. The fraction of sp³-hybridized carbons (Fsp3) is 0.655. The van der Waals surface area contributed by atoms with Gasteiger partial charge in [0.1, 0.15) is 11.4 Å². The van der Waals surface area contributed by atoms with Crippen molar-refractivity contribution in [2.45, 2.75) is 103 Å². The van der Waals surface area contributed by atoms with Crippen LogP contribution in [-0.4, -0.2) is 58.9 Å². The molecule has 2 aromatic heterocycles. The summed E-state index contributed by atoms with van der Waals surface area (Å²) in [5.74, 6) is 0.893. The number of rotatable bonds is 11. The van der Waals surface area contributed by atoms with Gasteiger partial charge in [-0.3, -0.25) is 4.68 Å². The number of ether oxygens (including phenoxy) is 2. The molecule has 38 heavy (non-hydrogen) atoms. The van der Waals surface area contributed by atoms with Gasteiger partial charge in [-0.2, -0.15) is 10.2 Å². The van der Waals surface area contributed by atoms with Gasteiger partial charge in [0.15, 0.2) is 6.23 Å². The fourth-order valence-corrected chi connectivity index (χ4v) is 5.45. The Morgan fingerprint density at radius 3 is 2.61 bits per heavy atom. The van der Waals surface area contributed by atoms with E-state index in [1.54, 1.807) is 6.92 Å². The lowest BCUT2D eigenvalue weighted by atomic mass is 10.1. The molecule has 1 saturated heterocycles. The quantitative estimate of drug-likeness (QED) is 0.214. The summed E-state index contributed by atoms with van der Waals surface area (Å²) < 4.78 is 22.5. The lowest BCUT2D eigenvalue weighted by Gasteiger charge is -2.36. The Morgan fingerprint density at radius 2 is 1.92 bits per heavy atom. The van der Waals surface area contributed by atoms with E-state index in [2.05, 4.69) is 75.0 Å². The van der Waals surface area contributed by atoms with Crippen LogP contribution in [0.15, 0.2) is 30.6 Å². The highest BCUT2D eigenvalue weighted by molar-refractivity contribution is 6.74. The smallest absolute Gasteiger partial charge is 0.250 e. The minimum Gasteiger partial charge on any atom is -0.543 e. The summed E-state index contributed by atoms with van der Waals surface area (Å²) in [4.78, 5) is 0. The third-order valence-corrected chi connectivity index (χ3v) is 12.3. The van der Waals surface area contributed by atoms with Gasteiger partial charge in [-0.25, -0.2) is 4.68 Å². The summed E-state index contributed by atoms with van der Waals surface area (Å²) in [6, 6.07) is 6.54. The number of aromatic nitrogens is 4. The van der Waals surface area contributed by atoms with Crippen LogP contribution in [0.25, 0.3) is 22.2 Å². The second-order valence-corrected chi connectivity index (χ2v) is 17.0. The molecular weight excluding hydrogens is 496 g/mol. The van der Waals surface area contributed by atoms with Gasteiger partial charge in [0.2, 0.25) is 8.32 Å². The SMILES string of the molecule is C[C@H](O)CCOCC[C@H](C)n1cc(-c2nn(C3CCCCO3)c3ccc(O[Si](C)(C)C(C)(C)C)cc23)cn1. The Balaban J connectivity index is 1.61. The molecule has 1 aliphatic heterocycles. The molecule has 8 nitrogen and oxygen atoms in total. The molecule has 4 rings (SSSR count). The number of fused-ring (bicyclic) bond motifs is 1. The highest BCUT2D eigenvalue weighted by atomic mass is 28.4. The predicted molar refractivity (Wildman–Crippen MR) is 154 cm³/mol. The molecule has 0 amide bonds. The molecule has 1 fully saturated rings. The van der Waals surface area contributed by atoms with Gasteiger partial charge < -0.3 is 19.0 Å². The predicted octanol–water partition coefficient (Wildman–Crippen LogP) is 6.72. The Hall–Kier alpha value is -2.20. The van der Waals surface area contributed by atoms with E-state index >= 15 is 0 Å². The van der Waals surface area contributed by atoms with Gasteiger partial charge >= 0.3 is 0 Å². The zero-order chi connectivity index (χ0) is 27.5. The maximum absolute atomic E-state index is 9.40. The minimum atomic E-state index is -1.99. The van der Waals surface area contributed by atoms with Crippen molar-refractivity contribution >= 4 is 19.2 Å². The average molecular weight is 543 g/mol. The molecule has 0 bridgehead atoms. The monoisotopic (exact) mass is 542 g/mol. The van der Waals surface area contributed by atoms with Gasteiger partial charge in [-0.1, -0.05) is 20.8 Å². The lowest BCUT2D eigenvalue weighted by molar-refractivity contribution is -0.0365. The number of hydrogen-bond acceptors (Lipinski definition) is 6. The van der Waals surface area contributed by atoms with E-state index < -0.39 is 8.32 Å². The largest absolute Gasteiger partial charge is 0.543 e. The van der Waals surface area contributed by atoms with E-state index in [1.165, 1.54) is 0 Å². The molecule has 0 spiro atoms. The van der Waals surface area contributed by atoms with Crippen LogP contribution in [0.1, 0.15) is 79.0 Å². The standard InChI is InChI=1S/C29H46N4O4Si/c1-21(13-16-35-17-14-22(2)34)32-20-23(19-30-32)28-25-18-24(37-38(6,7)29(3,4)5)11-12-26(25)33(31-28)27-10-8-9-15-36-27/h11-12,18-22,27,34H,8-10,13-17H2,1-7H3/t21-,22-,27?/m0/s1. The summed E-state index contributed by atoms with van der Waals surface area (Å²) in [6.07, 6.45) is 8.29. The van der Waals surface area contributed by atoms with Crippen molar-refractivity contribution in [3.8, 4) is 17.0 Å². The fourth-order valence-electron chi connectivity index (χ4n) is 4.42. The first kappa shape index (κ1) is 28.8. The van der Waals surface area contributed by atoms with E-state index in [9.17, 15) is 5.11 Å². The molecule has 1 N–H and O–H groups in total. The van der Waals surface area contributed by atoms with Crippen molar-refractivity contribution in [2.24, 2.45) is 0 Å². The molecule has 0 radical (unpaired) electrons. The Labute approximate surface area is 228 Å². The second kappa shape index (κ2) is 11.9. The summed E-state index contributed by atoms with van der Waals surface area (Å²) in [6.45, 7) is 17.2. The van der Waals surface area contributed by atoms with Crippen molar-refractivity contribution in [2.75, 3.05) is 19.8 Å². The van der Waals surface area contributed by atoms with E-state index in [1.807, 2.05) is 10.9 Å².